The van der Waals surface area contributed by atoms with Gasteiger partial charge in [-0.05, 0) is 30.7 Å². The van der Waals surface area contributed by atoms with Crippen LogP contribution in [0.15, 0.2) is 42.7 Å². The van der Waals surface area contributed by atoms with Crippen LogP contribution in [0.4, 0.5) is 11.4 Å². The van der Waals surface area contributed by atoms with Crippen LogP contribution in [0.25, 0.3) is 0 Å². The second-order valence-corrected chi connectivity index (χ2v) is 4.08. The molecule has 0 aliphatic rings. The molecule has 0 aliphatic carbocycles. The molecular formula is C14H15N3O3. The van der Waals surface area contributed by atoms with Crippen LogP contribution in [0.3, 0.4) is 0 Å². The first-order valence-corrected chi connectivity index (χ1v) is 6.24. The van der Waals surface area contributed by atoms with Gasteiger partial charge in [-0.2, -0.15) is 0 Å². The van der Waals surface area contributed by atoms with E-state index in [0.717, 1.165) is 11.3 Å². The second kappa shape index (κ2) is 6.51. The number of anilines is 1. The number of hydrogen-bond donors (Lipinski definition) is 1. The predicted molar refractivity (Wildman–Crippen MR) is 75.8 cm³/mol. The van der Waals surface area contributed by atoms with Crippen molar-refractivity contribution in [2.75, 3.05) is 11.9 Å². The predicted octanol–water partition coefficient (Wildman–Crippen LogP) is 3.00. The van der Waals surface area contributed by atoms with Crippen molar-refractivity contribution < 1.29 is 9.66 Å². The Morgan fingerprint density at radius 2 is 2.25 bits per heavy atom. The normalized spacial score (nSPS) is 10.1. The Bertz CT molecular complexity index is 602. The molecule has 0 fully saturated rings. The van der Waals surface area contributed by atoms with Crippen LogP contribution < -0.4 is 10.1 Å². The quantitative estimate of drug-likeness (QED) is 0.646. The van der Waals surface area contributed by atoms with E-state index < -0.39 is 4.92 Å². The number of nitro groups is 1. The van der Waals surface area contributed by atoms with Gasteiger partial charge in [-0.15, -0.1) is 0 Å². The smallest absolute Gasteiger partial charge is 0.310 e. The molecule has 0 amide bonds. The Balaban J connectivity index is 2.09. The Kier molecular flexibility index (Phi) is 4.49. The van der Waals surface area contributed by atoms with E-state index in [-0.39, 0.29) is 5.69 Å². The van der Waals surface area contributed by atoms with E-state index in [1.165, 1.54) is 12.4 Å². The molecule has 0 unspecified atom stereocenters. The highest BCUT2D eigenvalue weighted by Gasteiger charge is 2.12. The van der Waals surface area contributed by atoms with Crippen molar-refractivity contribution in [3.63, 3.8) is 0 Å². The lowest BCUT2D eigenvalue weighted by atomic mass is 10.2. The van der Waals surface area contributed by atoms with Crippen molar-refractivity contribution in [3.8, 4) is 5.75 Å². The molecule has 1 heterocycles. The van der Waals surface area contributed by atoms with Crippen LogP contribution in [-0.4, -0.2) is 16.5 Å². The topological polar surface area (TPSA) is 77.3 Å². The molecule has 1 aromatic heterocycles. The third-order valence-corrected chi connectivity index (χ3v) is 2.69. The number of nitrogens with one attached hydrogen (secondary N) is 1. The van der Waals surface area contributed by atoms with Crippen molar-refractivity contribution in [2.24, 2.45) is 0 Å². The molecule has 0 aliphatic heterocycles. The van der Waals surface area contributed by atoms with Gasteiger partial charge >= 0.3 is 5.69 Å². The van der Waals surface area contributed by atoms with Crippen molar-refractivity contribution in [1.29, 1.82) is 0 Å². The number of pyridine rings is 1. The summed E-state index contributed by atoms with van der Waals surface area (Å²) in [6, 6.07) is 9.20. The molecule has 1 aromatic carbocycles. The zero-order valence-electron chi connectivity index (χ0n) is 11.1. The maximum absolute atomic E-state index is 10.9. The van der Waals surface area contributed by atoms with Gasteiger partial charge in [0.2, 0.25) is 0 Å². The molecule has 104 valence electrons. The van der Waals surface area contributed by atoms with E-state index in [0.29, 0.717) is 18.8 Å². The minimum Gasteiger partial charge on any atom is -0.494 e. The van der Waals surface area contributed by atoms with Gasteiger partial charge < -0.3 is 10.1 Å². The van der Waals surface area contributed by atoms with E-state index in [4.69, 9.17) is 4.74 Å². The summed E-state index contributed by atoms with van der Waals surface area (Å²) in [6.45, 7) is 3.00. The fourth-order valence-electron chi connectivity index (χ4n) is 1.79. The van der Waals surface area contributed by atoms with Gasteiger partial charge in [0.1, 0.15) is 17.6 Å². The maximum Gasteiger partial charge on any atom is 0.310 e. The Labute approximate surface area is 116 Å². The highest BCUT2D eigenvalue weighted by molar-refractivity contribution is 5.59. The zero-order valence-corrected chi connectivity index (χ0v) is 11.1. The second-order valence-electron chi connectivity index (χ2n) is 4.08. The number of nitrogens with zero attached hydrogens (tertiary/aromatic N) is 2. The molecule has 0 saturated carbocycles. The summed E-state index contributed by atoms with van der Waals surface area (Å²) in [6.07, 6.45) is 2.75. The zero-order chi connectivity index (χ0) is 14.4. The van der Waals surface area contributed by atoms with Gasteiger partial charge in [0.15, 0.2) is 0 Å². The first-order valence-electron chi connectivity index (χ1n) is 6.24. The summed E-state index contributed by atoms with van der Waals surface area (Å²) < 4.78 is 5.41. The van der Waals surface area contributed by atoms with Crippen molar-refractivity contribution >= 4 is 11.4 Å². The summed E-state index contributed by atoms with van der Waals surface area (Å²) in [7, 11) is 0. The minimum atomic E-state index is -0.452. The van der Waals surface area contributed by atoms with E-state index in [2.05, 4.69) is 10.3 Å². The van der Waals surface area contributed by atoms with E-state index in [1.807, 2.05) is 31.2 Å². The Hall–Kier alpha value is -2.63. The third kappa shape index (κ3) is 3.44. The minimum absolute atomic E-state index is 0.0338. The maximum atomic E-state index is 10.9. The number of rotatable bonds is 6. The summed E-state index contributed by atoms with van der Waals surface area (Å²) in [5.41, 5.74) is 1.40. The van der Waals surface area contributed by atoms with Crippen LogP contribution in [-0.2, 0) is 6.54 Å². The molecule has 6 heteroatoms. The largest absolute Gasteiger partial charge is 0.494 e. The van der Waals surface area contributed by atoms with Gasteiger partial charge in [0, 0.05) is 12.7 Å². The molecule has 0 radical (unpaired) electrons. The third-order valence-electron chi connectivity index (χ3n) is 2.69. The Morgan fingerprint density at radius 3 is 3.00 bits per heavy atom. The molecule has 6 nitrogen and oxygen atoms in total. The first kappa shape index (κ1) is 13.8. The van der Waals surface area contributed by atoms with E-state index in [1.54, 1.807) is 6.07 Å². The highest BCUT2D eigenvalue weighted by atomic mass is 16.6. The van der Waals surface area contributed by atoms with Crippen molar-refractivity contribution in [3.05, 3.63) is 58.4 Å². The molecule has 0 saturated heterocycles. The van der Waals surface area contributed by atoms with Crippen LogP contribution in [0.1, 0.15) is 12.5 Å². The number of benzene rings is 1. The lowest BCUT2D eigenvalue weighted by molar-refractivity contribution is -0.384. The lowest BCUT2D eigenvalue weighted by Gasteiger charge is -2.08. The fraction of sp³-hybridized carbons (Fsp3) is 0.214. The average Bonchev–Trinajstić information content (AvgIpc) is 2.46. The van der Waals surface area contributed by atoms with Crippen LogP contribution in [0.5, 0.6) is 5.75 Å². The van der Waals surface area contributed by atoms with Gasteiger partial charge in [-0.3, -0.25) is 15.1 Å². The molecule has 1 N–H and O–H groups in total. The molecule has 0 bridgehead atoms. The number of ether oxygens (including phenoxy) is 1. The lowest BCUT2D eigenvalue weighted by Crippen LogP contribution is -2.03. The fourth-order valence-corrected chi connectivity index (χ4v) is 1.79. The molecule has 0 atom stereocenters. The monoisotopic (exact) mass is 273 g/mol. The van der Waals surface area contributed by atoms with E-state index in [9.17, 15) is 10.1 Å². The standard InChI is InChI=1S/C14H15N3O3/c1-2-20-12-5-3-4-11(8-12)9-16-13-6-7-15-10-14(13)17(18)19/h3-8,10H,2,9H2,1H3,(H,15,16). The molecule has 2 rings (SSSR count). The molecular weight excluding hydrogens is 258 g/mol. The Morgan fingerprint density at radius 1 is 1.40 bits per heavy atom. The van der Waals surface area contributed by atoms with Gasteiger partial charge in [0.05, 0.1) is 11.5 Å². The van der Waals surface area contributed by atoms with Gasteiger partial charge in [0.25, 0.3) is 0 Å². The number of hydrogen-bond acceptors (Lipinski definition) is 5. The SMILES string of the molecule is CCOc1cccc(CNc2ccncc2[N+](=O)[O-])c1. The average molecular weight is 273 g/mol. The summed E-state index contributed by atoms with van der Waals surface area (Å²) >= 11 is 0. The van der Waals surface area contributed by atoms with Crippen LogP contribution in [0, 0.1) is 10.1 Å². The first-order chi connectivity index (χ1) is 9.70. The van der Waals surface area contributed by atoms with E-state index >= 15 is 0 Å². The van der Waals surface area contributed by atoms with Gasteiger partial charge in [-0.1, -0.05) is 12.1 Å². The highest BCUT2D eigenvalue weighted by Crippen LogP contribution is 2.23. The van der Waals surface area contributed by atoms with Crippen molar-refractivity contribution in [1.82, 2.24) is 4.98 Å². The van der Waals surface area contributed by atoms with Crippen LogP contribution in [0.2, 0.25) is 0 Å². The molecule has 20 heavy (non-hydrogen) atoms. The molecule has 0 spiro atoms. The molecule has 2 aromatic rings. The van der Waals surface area contributed by atoms with Crippen LogP contribution >= 0.6 is 0 Å². The summed E-state index contributed by atoms with van der Waals surface area (Å²) in [5, 5.41) is 13.9. The summed E-state index contributed by atoms with van der Waals surface area (Å²) in [5.74, 6) is 0.788. The summed E-state index contributed by atoms with van der Waals surface area (Å²) in [4.78, 5) is 14.2. The number of aromatic nitrogens is 1. The van der Waals surface area contributed by atoms with Crippen molar-refractivity contribution in [2.45, 2.75) is 13.5 Å². The van der Waals surface area contributed by atoms with Gasteiger partial charge in [-0.25, -0.2) is 0 Å².